The van der Waals surface area contributed by atoms with Crippen LogP contribution in [-0.2, 0) is 14.3 Å². The molecule has 0 fully saturated rings. The largest absolute Gasteiger partial charge is 0.508 e. The molecule has 0 radical (unpaired) electrons. The summed E-state index contributed by atoms with van der Waals surface area (Å²) in [5.41, 5.74) is 2.06. The van der Waals surface area contributed by atoms with Crippen LogP contribution < -0.4 is 10.6 Å². The van der Waals surface area contributed by atoms with Crippen molar-refractivity contribution in [2.24, 2.45) is 0 Å². The Kier molecular flexibility index (Phi) is 9.05. The number of phenolic OH excluding ortho intramolecular Hbond substituents is 1. The van der Waals surface area contributed by atoms with E-state index in [0.29, 0.717) is 11.3 Å². The van der Waals surface area contributed by atoms with Crippen LogP contribution >= 0.6 is 0 Å². The number of carbonyl (C=O) groups excluding carboxylic acids is 3. The Labute approximate surface area is 207 Å². The van der Waals surface area contributed by atoms with Crippen LogP contribution in [0.5, 0.6) is 5.75 Å². The van der Waals surface area contributed by atoms with Crippen LogP contribution in [0.2, 0.25) is 0 Å². The molecule has 3 amide bonds. The molecule has 8 heteroatoms. The number of hydrogen-bond donors (Lipinski definition) is 3. The Bertz CT molecular complexity index is 1070. The van der Waals surface area contributed by atoms with Crippen molar-refractivity contribution >= 4 is 23.6 Å². The van der Waals surface area contributed by atoms with E-state index in [1.54, 1.807) is 32.9 Å². The molecule has 2 atom stereocenters. The van der Waals surface area contributed by atoms with E-state index in [0.717, 1.165) is 11.1 Å². The number of aryl methyl sites for hydroxylation is 2. The highest BCUT2D eigenvalue weighted by Gasteiger charge is 2.34. The van der Waals surface area contributed by atoms with E-state index in [2.05, 4.69) is 17.2 Å². The van der Waals surface area contributed by atoms with E-state index < -0.39 is 35.6 Å². The maximum Gasteiger partial charge on any atom is 0.408 e. The molecule has 0 aromatic heterocycles. The third-order valence-corrected chi connectivity index (χ3v) is 5.19. The van der Waals surface area contributed by atoms with Crippen LogP contribution in [0.3, 0.4) is 0 Å². The quantitative estimate of drug-likeness (QED) is 0.477. The summed E-state index contributed by atoms with van der Waals surface area (Å²) < 4.78 is 5.26. The van der Waals surface area contributed by atoms with Gasteiger partial charge in [-0.3, -0.25) is 9.59 Å². The number of phenols is 1. The Balaban J connectivity index is 2.44. The Morgan fingerprint density at radius 2 is 1.71 bits per heavy atom. The number of amides is 3. The van der Waals surface area contributed by atoms with Gasteiger partial charge in [0.2, 0.25) is 5.91 Å². The Hall–Kier alpha value is -3.81. The molecule has 0 spiro atoms. The molecular formula is C27H35N3O5. The van der Waals surface area contributed by atoms with Crippen molar-refractivity contribution in [3.63, 3.8) is 0 Å². The van der Waals surface area contributed by atoms with Gasteiger partial charge in [-0.25, -0.2) is 4.79 Å². The molecule has 2 unspecified atom stereocenters. The number of rotatable bonds is 8. The first-order chi connectivity index (χ1) is 16.3. The molecule has 0 aliphatic carbocycles. The average molecular weight is 482 g/mol. The van der Waals surface area contributed by atoms with Crippen molar-refractivity contribution in [2.45, 2.75) is 59.2 Å². The van der Waals surface area contributed by atoms with Gasteiger partial charge in [0, 0.05) is 12.2 Å². The second-order valence-corrected chi connectivity index (χ2v) is 9.40. The molecule has 0 saturated heterocycles. The van der Waals surface area contributed by atoms with Gasteiger partial charge in [0.15, 0.2) is 0 Å². The predicted molar refractivity (Wildman–Crippen MR) is 136 cm³/mol. The van der Waals surface area contributed by atoms with E-state index in [1.807, 2.05) is 32.0 Å². The minimum absolute atomic E-state index is 0.0274. The van der Waals surface area contributed by atoms with Crippen LogP contribution in [0, 0.1) is 13.8 Å². The molecule has 3 N–H and O–H groups in total. The summed E-state index contributed by atoms with van der Waals surface area (Å²) in [5.74, 6) is -1.02. The third kappa shape index (κ3) is 7.60. The molecule has 2 rings (SSSR count). The fourth-order valence-corrected chi connectivity index (χ4v) is 3.63. The van der Waals surface area contributed by atoms with E-state index in [9.17, 15) is 19.5 Å². The summed E-state index contributed by atoms with van der Waals surface area (Å²) in [4.78, 5) is 40.7. The molecule has 8 nitrogen and oxygen atoms in total. The summed E-state index contributed by atoms with van der Waals surface area (Å²) in [6.07, 6.45) is 0.756. The SMILES string of the molecule is C=CCN(C(=O)C(C)NC(=O)OC(C)(C)C)C(C(=O)Nc1c(C)cccc1C)c1cccc(O)c1. The normalized spacial score (nSPS) is 12.7. The van der Waals surface area contributed by atoms with Crippen LogP contribution in [0.1, 0.15) is 50.4 Å². The summed E-state index contributed by atoms with van der Waals surface area (Å²) in [5, 5.41) is 15.6. The number of anilines is 1. The molecule has 2 aromatic carbocycles. The van der Waals surface area contributed by atoms with Crippen molar-refractivity contribution < 1.29 is 24.2 Å². The summed E-state index contributed by atoms with van der Waals surface area (Å²) in [6.45, 7) is 14.2. The Morgan fingerprint density at radius 3 is 2.26 bits per heavy atom. The van der Waals surface area contributed by atoms with Gasteiger partial charge in [0.05, 0.1) is 0 Å². The highest BCUT2D eigenvalue weighted by atomic mass is 16.6. The topological polar surface area (TPSA) is 108 Å². The van der Waals surface area contributed by atoms with Crippen molar-refractivity contribution in [2.75, 3.05) is 11.9 Å². The second kappa shape index (κ2) is 11.6. The lowest BCUT2D eigenvalue weighted by molar-refractivity contribution is -0.139. The lowest BCUT2D eigenvalue weighted by atomic mass is 10.0. The van der Waals surface area contributed by atoms with Gasteiger partial charge in [-0.1, -0.05) is 36.4 Å². The van der Waals surface area contributed by atoms with Gasteiger partial charge in [0.25, 0.3) is 5.91 Å². The van der Waals surface area contributed by atoms with E-state index in [-0.39, 0.29) is 12.3 Å². The van der Waals surface area contributed by atoms with Crippen LogP contribution in [-0.4, -0.2) is 46.1 Å². The van der Waals surface area contributed by atoms with Gasteiger partial charge in [-0.05, 0) is 70.4 Å². The minimum atomic E-state index is -1.10. The number of para-hydroxylation sites is 1. The molecule has 35 heavy (non-hydrogen) atoms. The zero-order chi connectivity index (χ0) is 26.3. The van der Waals surface area contributed by atoms with Crippen molar-refractivity contribution in [3.05, 3.63) is 71.8 Å². The van der Waals surface area contributed by atoms with Gasteiger partial charge in [-0.2, -0.15) is 0 Å². The predicted octanol–water partition coefficient (Wildman–Crippen LogP) is 4.62. The molecular weight excluding hydrogens is 446 g/mol. The second-order valence-electron chi connectivity index (χ2n) is 9.40. The van der Waals surface area contributed by atoms with Crippen molar-refractivity contribution in [3.8, 4) is 5.75 Å². The molecule has 0 saturated carbocycles. The Morgan fingerprint density at radius 1 is 1.11 bits per heavy atom. The van der Waals surface area contributed by atoms with Gasteiger partial charge in [0.1, 0.15) is 23.4 Å². The maximum atomic E-state index is 13.6. The fourth-order valence-electron chi connectivity index (χ4n) is 3.63. The maximum absolute atomic E-state index is 13.6. The molecule has 0 aliphatic heterocycles. The number of nitrogens with zero attached hydrogens (tertiary/aromatic N) is 1. The lowest BCUT2D eigenvalue weighted by Crippen LogP contribution is -2.51. The van der Waals surface area contributed by atoms with Crippen LogP contribution in [0.4, 0.5) is 10.5 Å². The van der Waals surface area contributed by atoms with Gasteiger partial charge in [-0.15, -0.1) is 6.58 Å². The van der Waals surface area contributed by atoms with Gasteiger partial charge < -0.3 is 25.4 Å². The molecule has 0 aliphatic rings. The smallest absolute Gasteiger partial charge is 0.408 e. The number of carbonyl (C=O) groups is 3. The zero-order valence-corrected chi connectivity index (χ0v) is 21.2. The van der Waals surface area contributed by atoms with Crippen molar-refractivity contribution in [1.29, 1.82) is 0 Å². The third-order valence-electron chi connectivity index (χ3n) is 5.19. The first-order valence-corrected chi connectivity index (χ1v) is 11.4. The average Bonchev–Trinajstić information content (AvgIpc) is 2.74. The monoisotopic (exact) mass is 481 g/mol. The number of hydrogen-bond acceptors (Lipinski definition) is 5. The van der Waals surface area contributed by atoms with Crippen molar-refractivity contribution in [1.82, 2.24) is 10.2 Å². The molecule has 188 valence electrons. The highest BCUT2D eigenvalue weighted by Crippen LogP contribution is 2.28. The highest BCUT2D eigenvalue weighted by molar-refractivity contribution is 5.99. The van der Waals surface area contributed by atoms with Crippen LogP contribution in [0.25, 0.3) is 0 Å². The van der Waals surface area contributed by atoms with E-state index >= 15 is 0 Å². The first-order valence-electron chi connectivity index (χ1n) is 11.4. The minimum Gasteiger partial charge on any atom is -0.508 e. The number of alkyl carbamates (subject to hydrolysis) is 1. The van der Waals surface area contributed by atoms with E-state index in [4.69, 9.17) is 4.74 Å². The fraction of sp³-hybridized carbons (Fsp3) is 0.370. The first kappa shape index (κ1) is 27.4. The molecule has 0 heterocycles. The molecule has 2 aromatic rings. The number of nitrogens with one attached hydrogen (secondary N) is 2. The number of ether oxygens (including phenoxy) is 1. The lowest BCUT2D eigenvalue weighted by Gasteiger charge is -2.33. The van der Waals surface area contributed by atoms with E-state index in [1.165, 1.54) is 30.0 Å². The molecule has 0 bridgehead atoms. The van der Waals surface area contributed by atoms with Gasteiger partial charge >= 0.3 is 6.09 Å². The standard InChI is InChI=1S/C27H35N3O5/c1-8-15-30(25(33)19(4)28-26(34)35-27(5,6)7)23(20-13-10-14-21(31)16-20)24(32)29-22-17(2)11-9-12-18(22)3/h8-14,16,19,23,31H,1,15H2,2-7H3,(H,28,34)(H,29,32). The summed E-state index contributed by atoms with van der Waals surface area (Å²) >= 11 is 0. The zero-order valence-electron chi connectivity index (χ0n) is 21.2. The number of benzene rings is 2. The number of aromatic hydroxyl groups is 1. The van der Waals surface area contributed by atoms with Crippen LogP contribution in [0.15, 0.2) is 55.1 Å². The summed E-state index contributed by atoms with van der Waals surface area (Å²) in [6, 6.07) is 9.74. The summed E-state index contributed by atoms with van der Waals surface area (Å²) in [7, 11) is 0.